The number of ether oxygens (including phenoxy) is 2. The van der Waals surface area contributed by atoms with Crippen molar-refractivity contribution in [2.75, 3.05) is 6.79 Å². The first-order valence-corrected chi connectivity index (χ1v) is 6.93. The van der Waals surface area contributed by atoms with E-state index in [1.165, 1.54) is 0 Å². The Balaban J connectivity index is 1.97. The van der Waals surface area contributed by atoms with Crippen LogP contribution in [0.5, 0.6) is 11.5 Å². The highest BCUT2D eigenvalue weighted by Gasteiger charge is 2.18. The lowest BCUT2D eigenvalue weighted by Gasteiger charge is -2.07. The molecule has 1 aliphatic heterocycles. The Morgan fingerprint density at radius 3 is 2.62 bits per heavy atom. The maximum absolute atomic E-state index is 6.32. The van der Waals surface area contributed by atoms with E-state index >= 15 is 0 Å². The van der Waals surface area contributed by atoms with Crippen molar-refractivity contribution in [1.82, 2.24) is 9.97 Å². The van der Waals surface area contributed by atoms with Gasteiger partial charge in [0.25, 0.3) is 0 Å². The SMILES string of the molecule is Cc1ccccc1-c1nc(Cl)c2cc3c(cc2n1)OCO3. The molecule has 0 amide bonds. The molecule has 5 heteroatoms. The number of nitrogens with zero attached hydrogens (tertiary/aromatic N) is 2. The van der Waals surface area contributed by atoms with Crippen molar-refractivity contribution in [1.29, 1.82) is 0 Å². The molecule has 0 radical (unpaired) electrons. The summed E-state index contributed by atoms with van der Waals surface area (Å²) in [6.45, 7) is 2.25. The Morgan fingerprint density at radius 1 is 1.05 bits per heavy atom. The van der Waals surface area contributed by atoms with Gasteiger partial charge in [-0.25, -0.2) is 9.97 Å². The normalized spacial score (nSPS) is 12.9. The minimum atomic E-state index is 0.224. The predicted molar refractivity (Wildman–Crippen MR) is 80.8 cm³/mol. The second-order valence-corrected chi connectivity index (χ2v) is 5.23. The molecule has 3 aromatic rings. The van der Waals surface area contributed by atoms with E-state index in [1.807, 2.05) is 43.3 Å². The number of hydrogen-bond acceptors (Lipinski definition) is 4. The first kappa shape index (κ1) is 12.4. The topological polar surface area (TPSA) is 44.2 Å². The molecule has 2 heterocycles. The van der Waals surface area contributed by atoms with Crippen LogP contribution in [-0.2, 0) is 0 Å². The lowest BCUT2D eigenvalue weighted by Crippen LogP contribution is -1.94. The van der Waals surface area contributed by atoms with E-state index in [1.54, 1.807) is 0 Å². The molecule has 0 aliphatic carbocycles. The summed E-state index contributed by atoms with van der Waals surface area (Å²) in [7, 11) is 0. The standard InChI is InChI=1S/C16H11ClN2O2/c1-9-4-2-3-5-10(9)16-18-12-7-14-13(20-8-21-14)6-11(12)15(17)19-16/h2-7H,8H2,1H3. The van der Waals surface area contributed by atoms with Crippen molar-refractivity contribution >= 4 is 22.5 Å². The lowest BCUT2D eigenvalue weighted by atomic mass is 10.1. The summed E-state index contributed by atoms with van der Waals surface area (Å²) in [4.78, 5) is 9.03. The highest BCUT2D eigenvalue weighted by molar-refractivity contribution is 6.34. The minimum absolute atomic E-state index is 0.224. The molecule has 0 saturated heterocycles. The van der Waals surface area contributed by atoms with Gasteiger partial charge in [-0.1, -0.05) is 35.9 Å². The largest absolute Gasteiger partial charge is 0.454 e. The molecule has 0 atom stereocenters. The van der Waals surface area contributed by atoms with Crippen LogP contribution in [0.2, 0.25) is 5.15 Å². The summed E-state index contributed by atoms with van der Waals surface area (Å²) < 4.78 is 10.7. The van der Waals surface area contributed by atoms with Crippen molar-refractivity contribution in [2.45, 2.75) is 6.92 Å². The maximum Gasteiger partial charge on any atom is 0.231 e. The van der Waals surface area contributed by atoms with Crippen molar-refractivity contribution in [3.63, 3.8) is 0 Å². The average molecular weight is 299 g/mol. The highest BCUT2D eigenvalue weighted by atomic mass is 35.5. The average Bonchev–Trinajstić information content (AvgIpc) is 2.93. The number of hydrogen-bond donors (Lipinski definition) is 0. The fourth-order valence-corrected chi connectivity index (χ4v) is 2.66. The maximum atomic E-state index is 6.32. The Labute approximate surface area is 126 Å². The van der Waals surface area contributed by atoms with E-state index < -0.39 is 0 Å². The van der Waals surface area contributed by atoms with Crippen LogP contribution in [0.3, 0.4) is 0 Å². The smallest absolute Gasteiger partial charge is 0.231 e. The van der Waals surface area contributed by atoms with Gasteiger partial charge in [-0.05, 0) is 18.6 Å². The van der Waals surface area contributed by atoms with Crippen LogP contribution in [-0.4, -0.2) is 16.8 Å². The summed E-state index contributed by atoms with van der Waals surface area (Å²) in [6, 6.07) is 11.6. The number of benzene rings is 2. The number of aromatic nitrogens is 2. The summed E-state index contributed by atoms with van der Waals surface area (Å²) in [5.41, 5.74) is 2.82. The molecular formula is C16H11ClN2O2. The minimum Gasteiger partial charge on any atom is -0.454 e. The zero-order valence-corrected chi connectivity index (χ0v) is 12.0. The molecule has 0 bridgehead atoms. The molecule has 21 heavy (non-hydrogen) atoms. The van der Waals surface area contributed by atoms with E-state index in [0.717, 1.165) is 22.0 Å². The fraction of sp³-hybridized carbons (Fsp3) is 0.125. The Bertz CT molecular complexity index is 864. The molecule has 4 nitrogen and oxygen atoms in total. The van der Waals surface area contributed by atoms with Gasteiger partial charge in [0.2, 0.25) is 6.79 Å². The quantitative estimate of drug-likeness (QED) is 0.637. The van der Waals surface area contributed by atoms with E-state index in [0.29, 0.717) is 22.5 Å². The fourth-order valence-electron chi connectivity index (χ4n) is 2.43. The zero-order chi connectivity index (χ0) is 14.4. The van der Waals surface area contributed by atoms with E-state index in [4.69, 9.17) is 21.1 Å². The van der Waals surface area contributed by atoms with E-state index in [2.05, 4.69) is 9.97 Å². The van der Waals surface area contributed by atoms with Crippen molar-refractivity contribution in [3.05, 3.63) is 47.1 Å². The summed E-state index contributed by atoms with van der Waals surface area (Å²) in [6.07, 6.45) is 0. The van der Waals surface area contributed by atoms with Crippen molar-refractivity contribution < 1.29 is 9.47 Å². The van der Waals surface area contributed by atoms with Crippen LogP contribution < -0.4 is 9.47 Å². The van der Waals surface area contributed by atoms with Gasteiger partial charge in [-0.3, -0.25) is 0 Å². The van der Waals surface area contributed by atoms with Crippen LogP contribution in [0.1, 0.15) is 5.56 Å². The molecule has 0 N–H and O–H groups in total. The van der Waals surface area contributed by atoms with Crippen LogP contribution >= 0.6 is 11.6 Å². The van der Waals surface area contributed by atoms with Gasteiger partial charge in [-0.2, -0.15) is 0 Å². The molecular weight excluding hydrogens is 288 g/mol. The Kier molecular flexibility index (Phi) is 2.72. The van der Waals surface area contributed by atoms with Crippen LogP contribution in [0.15, 0.2) is 36.4 Å². The van der Waals surface area contributed by atoms with Gasteiger partial charge in [0, 0.05) is 17.0 Å². The third-order valence-corrected chi connectivity index (χ3v) is 3.82. The van der Waals surface area contributed by atoms with Gasteiger partial charge in [0.1, 0.15) is 5.15 Å². The molecule has 4 rings (SSSR count). The Hall–Kier alpha value is -2.33. The summed E-state index contributed by atoms with van der Waals surface area (Å²) >= 11 is 6.32. The second-order valence-electron chi connectivity index (χ2n) is 4.88. The van der Waals surface area contributed by atoms with Crippen LogP contribution in [0.25, 0.3) is 22.3 Å². The lowest BCUT2D eigenvalue weighted by molar-refractivity contribution is 0.174. The van der Waals surface area contributed by atoms with Crippen LogP contribution in [0, 0.1) is 6.92 Å². The monoisotopic (exact) mass is 298 g/mol. The van der Waals surface area contributed by atoms with Gasteiger partial charge in [0.15, 0.2) is 17.3 Å². The van der Waals surface area contributed by atoms with Crippen LogP contribution in [0.4, 0.5) is 0 Å². The second kappa shape index (κ2) is 4.60. The Morgan fingerprint density at radius 2 is 1.81 bits per heavy atom. The molecule has 104 valence electrons. The van der Waals surface area contributed by atoms with E-state index in [9.17, 15) is 0 Å². The zero-order valence-electron chi connectivity index (χ0n) is 11.3. The molecule has 0 saturated carbocycles. The van der Waals surface area contributed by atoms with Crippen molar-refractivity contribution in [3.8, 4) is 22.9 Å². The summed E-state index contributed by atoms with van der Waals surface area (Å²) in [5, 5.41) is 1.18. The number of halogens is 1. The first-order valence-electron chi connectivity index (χ1n) is 6.55. The van der Waals surface area contributed by atoms with Gasteiger partial charge in [-0.15, -0.1) is 0 Å². The third kappa shape index (κ3) is 1.99. The predicted octanol–water partition coefficient (Wildman–Crippen LogP) is 3.99. The molecule has 1 aliphatic rings. The van der Waals surface area contributed by atoms with Gasteiger partial charge in [0.05, 0.1) is 5.52 Å². The number of fused-ring (bicyclic) bond motifs is 2. The van der Waals surface area contributed by atoms with Crippen molar-refractivity contribution in [2.24, 2.45) is 0 Å². The molecule has 2 aromatic carbocycles. The first-order chi connectivity index (χ1) is 10.2. The third-order valence-electron chi connectivity index (χ3n) is 3.53. The van der Waals surface area contributed by atoms with E-state index in [-0.39, 0.29) is 6.79 Å². The molecule has 1 aromatic heterocycles. The van der Waals surface area contributed by atoms with Gasteiger partial charge < -0.3 is 9.47 Å². The molecule has 0 unspecified atom stereocenters. The number of aryl methyl sites for hydroxylation is 1. The van der Waals surface area contributed by atoms with Gasteiger partial charge >= 0.3 is 0 Å². The number of rotatable bonds is 1. The highest BCUT2D eigenvalue weighted by Crippen LogP contribution is 2.38. The molecule has 0 spiro atoms. The summed E-state index contributed by atoms with van der Waals surface area (Å²) in [5.74, 6) is 1.98. The molecule has 0 fully saturated rings.